The summed E-state index contributed by atoms with van der Waals surface area (Å²) in [6.45, 7) is 2.96. The number of rotatable bonds is 3. The first kappa shape index (κ1) is 9.66. The molecule has 1 aromatic rings. The molecule has 1 aliphatic carbocycles. The Bertz CT molecular complexity index is 290. The summed E-state index contributed by atoms with van der Waals surface area (Å²) in [5, 5.41) is 3.56. The maximum atomic E-state index is 4.47. The third kappa shape index (κ3) is 2.55. The van der Waals surface area contributed by atoms with Crippen LogP contribution >= 0.6 is 0 Å². The molecule has 1 aliphatic rings. The number of nitrogens with one attached hydrogen (secondary N) is 1. The van der Waals surface area contributed by atoms with Crippen LogP contribution in [0.4, 0.5) is 0 Å². The van der Waals surface area contributed by atoms with Gasteiger partial charge in [-0.25, -0.2) is 0 Å². The van der Waals surface area contributed by atoms with Crippen LogP contribution in [0.5, 0.6) is 0 Å². The quantitative estimate of drug-likeness (QED) is 0.791. The molecule has 0 spiro atoms. The van der Waals surface area contributed by atoms with Crippen LogP contribution in [0.2, 0.25) is 0 Å². The van der Waals surface area contributed by atoms with Crippen molar-refractivity contribution in [3.05, 3.63) is 29.6 Å². The molecule has 0 bridgehead atoms. The minimum atomic E-state index is 0.734. The summed E-state index contributed by atoms with van der Waals surface area (Å²) >= 11 is 0. The second kappa shape index (κ2) is 4.56. The van der Waals surface area contributed by atoms with Crippen LogP contribution in [-0.2, 0) is 6.54 Å². The van der Waals surface area contributed by atoms with Gasteiger partial charge in [-0.2, -0.15) is 0 Å². The van der Waals surface area contributed by atoms with E-state index < -0.39 is 0 Å². The molecule has 76 valence electrons. The van der Waals surface area contributed by atoms with Gasteiger partial charge in [0.25, 0.3) is 0 Å². The van der Waals surface area contributed by atoms with Crippen LogP contribution in [0.3, 0.4) is 0 Å². The van der Waals surface area contributed by atoms with Crippen molar-refractivity contribution in [2.45, 2.75) is 45.2 Å². The Kier molecular flexibility index (Phi) is 3.14. The van der Waals surface area contributed by atoms with Crippen molar-refractivity contribution in [2.24, 2.45) is 0 Å². The van der Waals surface area contributed by atoms with Crippen molar-refractivity contribution in [3.63, 3.8) is 0 Å². The molecule has 1 fully saturated rings. The highest BCUT2D eigenvalue weighted by atomic mass is 14.9. The molecule has 0 amide bonds. The summed E-state index contributed by atoms with van der Waals surface area (Å²) in [4.78, 5) is 4.47. The molecule has 1 aromatic heterocycles. The zero-order valence-electron chi connectivity index (χ0n) is 8.79. The topological polar surface area (TPSA) is 24.9 Å². The fraction of sp³-hybridized carbons (Fsp3) is 0.583. The fourth-order valence-electron chi connectivity index (χ4n) is 2.08. The molecule has 0 unspecified atom stereocenters. The van der Waals surface area contributed by atoms with E-state index in [1.54, 1.807) is 0 Å². The zero-order chi connectivity index (χ0) is 9.80. The van der Waals surface area contributed by atoms with E-state index >= 15 is 0 Å². The number of hydrogen-bond acceptors (Lipinski definition) is 2. The maximum Gasteiger partial charge on any atom is 0.0544 e. The van der Waals surface area contributed by atoms with Gasteiger partial charge >= 0.3 is 0 Å². The first-order valence-electron chi connectivity index (χ1n) is 5.50. The summed E-state index contributed by atoms with van der Waals surface area (Å²) in [6, 6.07) is 6.94. The normalized spacial score (nSPS) is 17.5. The van der Waals surface area contributed by atoms with Gasteiger partial charge in [0.1, 0.15) is 0 Å². The first-order valence-corrected chi connectivity index (χ1v) is 5.50. The monoisotopic (exact) mass is 190 g/mol. The predicted octanol–water partition coefficient (Wildman–Crippen LogP) is 2.42. The highest BCUT2D eigenvalue weighted by Crippen LogP contribution is 2.17. The molecule has 0 aliphatic heterocycles. The molecule has 0 aromatic carbocycles. The molecule has 2 nitrogen and oxygen atoms in total. The lowest BCUT2D eigenvalue weighted by atomic mass is 10.2. The van der Waals surface area contributed by atoms with Gasteiger partial charge in [-0.1, -0.05) is 18.9 Å². The van der Waals surface area contributed by atoms with Gasteiger partial charge in [0.2, 0.25) is 0 Å². The average Bonchev–Trinajstić information content (AvgIpc) is 2.67. The standard InChI is InChI=1S/C12H18N2/c1-10-5-4-8-12(14-10)9-13-11-6-2-3-7-11/h4-5,8,11,13H,2-3,6-7,9H2,1H3. The minimum Gasteiger partial charge on any atom is -0.308 e. The average molecular weight is 190 g/mol. The van der Waals surface area contributed by atoms with Crippen molar-refractivity contribution in [1.29, 1.82) is 0 Å². The summed E-state index contributed by atoms with van der Waals surface area (Å²) in [6.07, 6.45) is 5.45. The van der Waals surface area contributed by atoms with Crippen molar-refractivity contribution < 1.29 is 0 Å². The van der Waals surface area contributed by atoms with Crippen molar-refractivity contribution in [2.75, 3.05) is 0 Å². The number of hydrogen-bond donors (Lipinski definition) is 1. The Hall–Kier alpha value is -0.890. The number of nitrogens with zero attached hydrogens (tertiary/aromatic N) is 1. The predicted molar refractivity (Wildman–Crippen MR) is 58.1 cm³/mol. The van der Waals surface area contributed by atoms with E-state index in [4.69, 9.17) is 0 Å². The number of aromatic nitrogens is 1. The Labute approximate surface area is 85.7 Å². The summed E-state index contributed by atoms with van der Waals surface area (Å²) < 4.78 is 0. The third-order valence-corrected chi connectivity index (χ3v) is 2.87. The van der Waals surface area contributed by atoms with Crippen molar-refractivity contribution in [3.8, 4) is 0 Å². The number of pyridine rings is 1. The minimum absolute atomic E-state index is 0.734. The highest BCUT2D eigenvalue weighted by molar-refractivity contribution is 5.09. The summed E-state index contributed by atoms with van der Waals surface area (Å²) in [7, 11) is 0. The third-order valence-electron chi connectivity index (χ3n) is 2.87. The van der Waals surface area contributed by atoms with Crippen molar-refractivity contribution in [1.82, 2.24) is 10.3 Å². The fourth-order valence-corrected chi connectivity index (χ4v) is 2.08. The molecule has 0 radical (unpaired) electrons. The van der Waals surface area contributed by atoms with E-state index in [-0.39, 0.29) is 0 Å². The van der Waals surface area contributed by atoms with Crippen LogP contribution in [0.1, 0.15) is 37.1 Å². The molecule has 0 saturated heterocycles. The van der Waals surface area contributed by atoms with Gasteiger partial charge in [-0.3, -0.25) is 4.98 Å². The van der Waals surface area contributed by atoms with Gasteiger partial charge in [0.15, 0.2) is 0 Å². The van der Waals surface area contributed by atoms with Crippen LogP contribution in [0, 0.1) is 6.92 Å². The van der Waals surface area contributed by atoms with Gasteiger partial charge in [0, 0.05) is 18.3 Å². The van der Waals surface area contributed by atoms with E-state index in [9.17, 15) is 0 Å². The molecule has 1 N–H and O–H groups in total. The lowest BCUT2D eigenvalue weighted by Crippen LogP contribution is -2.25. The van der Waals surface area contributed by atoms with Crippen LogP contribution in [0.25, 0.3) is 0 Å². The van der Waals surface area contributed by atoms with Gasteiger partial charge < -0.3 is 5.32 Å². The Morgan fingerprint density at radius 3 is 2.86 bits per heavy atom. The molecular formula is C12H18N2. The zero-order valence-corrected chi connectivity index (χ0v) is 8.79. The van der Waals surface area contributed by atoms with E-state index in [0.717, 1.165) is 24.0 Å². The molecule has 2 rings (SSSR count). The molecule has 1 heterocycles. The van der Waals surface area contributed by atoms with E-state index in [0.29, 0.717) is 0 Å². The molecular weight excluding hydrogens is 172 g/mol. The Morgan fingerprint density at radius 1 is 1.36 bits per heavy atom. The van der Waals surface area contributed by atoms with Crippen LogP contribution in [0.15, 0.2) is 18.2 Å². The van der Waals surface area contributed by atoms with Crippen LogP contribution < -0.4 is 5.32 Å². The van der Waals surface area contributed by atoms with Gasteiger partial charge in [-0.05, 0) is 31.9 Å². The second-order valence-corrected chi connectivity index (χ2v) is 4.13. The molecule has 0 atom stereocenters. The Morgan fingerprint density at radius 2 is 2.14 bits per heavy atom. The SMILES string of the molecule is Cc1cccc(CNC2CCCC2)n1. The largest absolute Gasteiger partial charge is 0.308 e. The Balaban J connectivity index is 1.85. The van der Waals surface area contributed by atoms with E-state index in [1.807, 2.05) is 13.0 Å². The second-order valence-electron chi connectivity index (χ2n) is 4.13. The first-order chi connectivity index (χ1) is 6.84. The summed E-state index contributed by atoms with van der Waals surface area (Å²) in [5.74, 6) is 0. The lowest BCUT2D eigenvalue weighted by Gasteiger charge is -2.11. The van der Waals surface area contributed by atoms with Gasteiger partial charge in [-0.15, -0.1) is 0 Å². The van der Waals surface area contributed by atoms with Crippen LogP contribution in [-0.4, -0.2) is 11.0 Å². The maximum absolute atomic E-state index is 4.47. The number of aryl methyl sites for hydroxylation is 1. The van der Waals surface area contributed by atoms with Crippen molar-refractivity contribution >= 4 is 0 Å². The highest BCUT2D eigenvalue weighted by Gasteiger charge is 2.13. The lowest BCUT2D eigenvalue weighted by molar-refractivity contribution is 0.519. The smallest absolute Gasteiger partial charge is 0.0544 e. The van der Waals surface area contributed by atoms with E-state index in [2.05, 4.69) is 22.4 Å². The molecule has 2 heteroatoms. The van der Waals surface area contributed by atoms with E-state index in [1.165, 1.54) is 25.7 Å². The summed E-state index contributed by atoms with van der Waals surface area (Å²) in [5.41, 5.74) is 2.27. The van der Waals surface area contributed by atoms with Gasteiger partial charge in [0.05, 0.1) is 5.69 Å². The molecule has 1 saturated carbocycles. The molecule has 14 heavy (non-hydrogen) atoms.